The highest BCUT2D eigenvalue weighted by molar-refractivity contribution is 7.16. The first-order valence-electron chi connectivity index (χ1n) is 6.83. The number of nitrogens with one attached hydrogen (secondary N) is 2. The SMILES string of the molecule is CCC(CC)C(O)CNc1nc(NN)nc2sccc12. The number of anilines is 2. The lowest BCUT2D eigenvalue weighted by Gasteiger charge is -2.20. The van der Waals surface area contributed by atoms with Crippen LogP contribution in [0.2, 0.25) is 0 Å². The second kappa shape index (κ2) is 6.83. The summed E-state index contributed by atoms with van der Waals surface area (Å²) in [7, 11) is 0. The van der Waals surface area contributed by atoms with Crippen LogP contribution >= 0.6 is 11.3 Å². The Balaban J connectivity index is 2.14. The van der Waals surface area contributed by atoms with Gasteiger partial charge in [-0.2, -0.15) is 4.98 Å². The van der Waals surface area contributed by atoms with E-state index in [1.165, 1.54) is 11.3 Å². The van der Waals surface area contributed by atoms with Crippen molar-refractivity contribution in [3.8, 4) is 0 Å². The third-order valence-electron chi connectivity index (χ3n) is 3.53. The van der Waals surface area contributed by atoms with Gasteiger partial charge in [-0.3, -0.25) is 5.43 Å². The summed E-state index contributed by atoms with van der Waals surface area (Å²) in [4.78, 5) is 9.46. The van der Waals surface area contributed by atoms with Gasteiger partial charge in [-0.1, -0.05) is 26.7 Å². The van der Waals surface area contributed by atoms with Crippen LogP contribution in [0.5, 0.6) is 0 Å². The van der Waals surface area contributed by atoms with Crippen molar-refractivity contribution in [2.75, 3.05) is 17.3 Å². The van der Waals surface area contributed by atoms with E-state index in [1.807, 2.05) is 11.4 Å². The maximum absolute atomic E-state index is 10.2. The van der Waals surface area contributed by atoms with E-state index in [0.717, 1.165) is 23.1 Å². The topological polar surface area (TPSA) is 96.1 Å². The zero-order chi connectivity index (χ0) is 14.5. The lowest BCUT2D eigenvalue weighted by Crippen LogP contribution is -2.28. The molecule has 2 aromatic rings. The monoisotopic (exact) mass is 295 g/mol. The Labute approximate surface area is 122 Å². The van der Waals surface area contributed by atoms with Gasteiger partial charge in [-0.25, -0.2) is 10.8 Å². The molecule has 2 rings (SSSR count). The fraction of sp³-hybridized carbons (Fsp3) is 0.538. The number of aliphatic hydroxyl groups is 1. The molecule has 2 heterocycles. The Morgan fingerprint density at radius 1 is 1.35 bits per heavy atom. The largest absolute Gasteiger partial charge is 0.391 e. The van der Waals surface area contributed by atoms with Crippen LogP contribution in [0.25, 0.3) is 10.2 Å². The molecule has 0 saturated carbocycles. The van der Waals surface area contributed by atoms with Crippen LogP contribution in [0.3, 0.4) is 0 Å². The minimum absolute atomic E-state index is 0.300. The predicted octanol–water partition coefficient (Wildman–Crippen LogP) is 2.19. The second-order valence-corrected chi connectivity index (χ2v) is 5.60. The number of rotatable bonds is 7. The summed E-state index contributed by atoms with van der Waals surface area (Å²) in [5.74, 6) is 6.76. The number of nitrogens with zero attached hydrogens (tertiary/aromatic N) is 2. The summed E-state index contributed by atoms with van der Waals surface area (Å²) in [5, 5.41) is 16.3. The molecule has 6 nitrogen and oxygen atoms in total. The minimum Gasteiger partial charge on any atom is -0.391 e. The molecule has 2 aromatic heterocycles. The highest BCUT2D eigenvalue weighted by Crippen LogP contribution is 2.26. The average Bonchev–Trinajstić information content (AvgIpc) is 2.94. The second-order valence-electron chi connectivity index (χ2n) is 4.70. The van der Waals surface area contributed by atoms with Crippen molar-refractivity contribution in [2.24, 2.45) is 11.8 Å². The maximum atomic E-state index is 10.2. The Morgan fingerprint density at radius 3 is 2.75 bits per heavy atom. The number of thiophene rings is 1. The van der Waals surface area contributed by atoms with Gasteiger partial charge in [0, 0.05) is 6.54 Å². The average molecular weight is 295 g/mol. The first-order valence-corrected chi connectivity index (χ1v) is 7.71. The van der Waals surface area contributed by atoms with Crippen molar-refractivity contribution in [1.29, 1.82) is 0 Å². The number of hydrazine groups is 1. The highest BCUT2D eigenvalue weighted by Gasteiger charge is 2.16. The van der Waals surface area contributed by atoms with E-state index in [0.29, 0.717) is 24.2 Å². The summed E-state index contributed by atoms with van der Waals surface area (Å²) in [6.07, 6.45) is 1.54. The molecule has 0 fully saturated rings. The first kappa shape index (κ1) is 15.0. The number of hydrogen-bond donors (Lipinski definition) is 4. The van der Waals surface area contributed by atoms with E-state index < -0.39 is 0 Å². The van der Waals surface area contributed by atoms with Crippen LogP contribution in [0.4, 0.5) is 11.8 Å². The van der Waals surface area contributed by atoms with E-state index in [-0.39, 0.29) is 6.10 Å². The number of fused-ring (bicyclic) bond motifs is 1. The standard InChI is InChI=1S/C13H21N5OS/c1-3-8(4-2)10(19)7-15-11-9-5-6-20-12(9)17-13(16-11)18-14/h5-6,8,10,19H,3-4,7,14H2,1-2H3,(H2,15,16,17,18). The third kappa shape index (κ3) is 3.17. The molecular formula is C13H21N5OS. The zero-order valence-electron chi connectivity index (χ0n) is 11.8. The molecule has 7 heteroatoms. The summed E-state index contributed by atoms with van der Waals surface area (Å²) < 4.78 is 0. The molecule has 0 amide bonds. The van der Waals surface area contributed by atoms with E-state index in [2.05, 4.69) is 34.6 Å². The first-order chi connectivity index (χ1) is 9.69. The molecular weight excluding hydrogens is 274 g/mol. The molecule has 0 aliphatic heterocycles. The quantitative estimate of drug-likeness (QED) is 0.462. The molecule has 0 aliphatic rings. The molecule has 110 valence electrons. The smallest absolute Gasteiger partial charge is 0.240 e. The van der Waals surface area contributed by atoms with Crippen molar-refractivity contribution < 1.29 is 5.11 Å². The van der Waals surface area contributed by atoms with Gasteiger partial charge in [-0.15, -0.1) is 11.3 Å². The lowest BCUT2D eigenvalue weighted by atomic mass is 9.96. The van der Waals surface area contributed by atoms with Crippen LogP contribution in [0.1, 0.15) is 26.7 Å². The molecule has 0 saturated heterocycles. The van der Waals surface area contributed by atoms with Gasteiger partial charge in [0.25, 0.3) is 0 Å². The Morgan fingerprint density at radius 2 is 2.10 bits per heavy atom. The van der Waals surface area contributed by atoms with E-state index in [4.69, 9.17) is 5.84 Å². The van der Waals surface area contributed by atoms with Crippen molar-refractivity contribution in [1.82, 2.24) is 9.97 Å². The van der Waals surface area contributed by atoms with Gasteiger partial charge >= 0.3 is 0 Å². The van der Waals surface area contributed by atoms with Gasteiger partial charge in [0.05, 0.1) is 11.5 Å². The van der Waals surface area contributed by atoms with Gasteiger partial charge in [0.2, 0.25) is 5.95 Å². The number of nitrogens with two attached hydrogens (primary N) is 1. The Bertz CT molecular complexity index is 555. The van der Waals surface area contributed by atoms with Crippen molar-refractivity contribution in [2.45, 2.75) is 32.8 Å². The third-order valence-corrected chi connectivity index (χ3v) is 4.33. The van der Waals surface area contributed by atoms with Crippen LogP contribution in [0, 0.1) is 5.92 Å². The van der Waals surface area contributed by atoms with Crippen molar-refractivity contribution in [3.05, 3.63) is 11.4 Å². The van der Waals surface area contributed by atoms with Gasteiger partial charge in [0.1, 0.15) is 10.6 Å². The molecule has 0 aliphatic carbocycles. The molecule has 1 atom stereocenters. The van der Waals surface area contributed by atoms with Gasteiger partial charge in [0.15, 0.2) is 0 Å². The van der Waals surface area contributed by atoms with Crippen LogP contribution in [-0.4, -0.2) is 27.7 Å². The molecule has 0 bridgehead atoms. The normalized spacial score (nSPS) is 12.8. The molecule has 0 radical (unpaired) electrons. The summed E-state index contributed by atoms with van der Waals surface area (Å²) >= 11 is 1.53. The van der Waals surface area contributed by atoms with E-state index in [1.54, 1.807) is 0 Å². The van der Waals surface area contributed by atoms with Crippen LogP contribution in [-0.2, 0) is 0 Å². The summed E-state index contributed by atoms with van der Waals surface area (Å²) in [5.41, 5.74) is 2.46. The lowest BCUT2D eigenvalue weighted by molar-refractivity contribution is 0.114. The molecule has 0 aromatic carbocycles. The number of nitrogen functional groups attached to an aromatic ring is 1. The maximum Gasteiger partial charge on any atom is 0.240 e. The van der Waals surface area contributed by atoms with E-state index in [9.17, 15) is 5.11 Å². The summed E-state index contributed by atoms with van der Waals surface area (Å²) in [6, 6.07) is 1.96. The minimum atomic E-state index is -0.386. The van der Waals surface area contributed by atoms with Crippen LogP contribution in [0.15, 0.2) is 11.4 Å². The van der Waals surface area contributed by atoms with Crippen LogP contribution < -0.4 is 16.6 Å². The molecule has 20 heavy (non-hydrogen) atoms. The molecule has 0 spiro atoms. The van der Waals surface area contributed by atoms with Crippen molar-refractivity contribution in [3.63, 3.8) is 0 Å². The number of hydrogen-bond acceptors (Lipinski definition) is 7. The fourth-order valence-corrected chi connectivity index (χ4v) is 3.02. The highest BCUT2D eigenvalue weighted by atomic mass is 32.1. The Hall–Kier alpha value is -1.44. The molecule has 1 unspecified atom stereocenters. The zero-order valence-corrected chi connectivity index (χ0v) is 12.6. The molecule has 5 N–H and O–H groups in total. The summed E-state index contributed by atoms with van der Waals surface area (Å²) in [6.45, 7) is 4.66. The van der Waals surface area contributed by atoms with E-state index >= 15 is 0 Å². The Kier molecular flexibility index (Phi) is 5.11. The number of aliphatic hydroxyl groups excluding tert-OH is 1. The van der Waals surface area contributed by atoms with Gasteiger partial charge < -0.3 is 10.4 Å². The number of aromatic nitrogens is 2. The van der Waals surface area contributed by atoms with Crippen molar-refractivity contribution >= 4 is 33.3 Å². The predicted molar refractivity (Wildman–Crippen MR) is 83.8 cm³/mol. The fourth-order valence-electron chi connectivity index (χ4n) is 2.26. The van der Waals surface area contributed by atoms with Gasteiger partial charge in [-0.05, 0) is 17.4 Å².